The van der Waals surface area contributed by atoms with E-state index in [2.05, 4.69) is 5.32 Å². The summed E-state index contributed by atoms with van der Waals surface area (Å²) in [5.74, 6) is -1.76. The number of rotatable bonds is 6. The molecule has 1 aliphatic rings. The van der Waals surface area contributed by atoms with Crippen molar-refractivity contribution in [1.29, 1.82) is 0 Å². The molecular weight excluding hydrogens is 336 g/mol. The van der Waals surface area contributed by atoms with Crippen LogP contribution in [0.1, 0.15) is 54.4 Å². The monoisotopic (exact) mass is 370 g/mol. The first-order chi connectivity index (χ1) is 11.9. The number of piperidine rings is 1. The van der Waals surface area contributed by atoms with E-state index in [9.17, 15) is 19.5 Å². The molecule has 7 heteroatoms. The number of carbonyl (C=O) groups excluding carboxylic acids is 2. The molecule has 0 aromatic rings. The smallest absolute Gasteiger partial charge is 0.410 e. The Kier molecular flexibility index (Phi) is 7.90. The number of aliphatic carboxylic acids is 1. The molecular formula is C19H34N2O5. The predicted molar refractivity (Wildman–Crippen MR) is 98.7 cm³/mol. The summed E-state index contributed by atoms with van der Waals surface area (Å²) in [5.41, 5.74) is -0.560. The molecule has 1 aliphatic heterocycles. The normalized spacial score (nSPS) is 22.0. The second kappa shape index (κ2) is 9.24. The van der Waals surface area contributed by atoms with E-state index in [1.54, 1.807) is 4.90 Å². The Labute approximate surface area is 156 Å². The van der Waals surface area contributed by atoms with Gasteiger partial charge in [0.15, 0.2) is 0 Å². The maximum atomic E-state index is 12.2. The summed E-state index contributed by atoms with van der Waals surface area (Å²) >= 11 is 0. The average molecular weight is 370 g/mol. The molecule has 0 bridgehead atoms. The van der Waals surface area contributed by atoms with Crippen molar-refractivity contribution in [2.75, 3.05) is 19.6 Å². The Bertz CT molecular complexity index is 513. The molecule has 26 heavy (non-hydrogen) atoms. The van der Waals surface area contributed by atoms with Gasteiger partial charge in [0.25, 0.3) is 0 Å². The van der Waals surface area contributed by atoms with Crippen molar-refractivity contribution in [1.82, 2.24) is 10.2 Å². The van der Waals surface area contributed by atoms with Gasteiger partial charge in [-0.1, -0.05) is 20.8 Å². The molecule has 1 heterocycles. The Balaban J connectivity index is 2.68. The summed E-state index contributed by atoms with van der Waals surface area (Å²) in [7, 11) is 0. The molecule has 2 amide bonds. The van der Waals surface area contributed by atoms with Gasteiger partial charge in [-0.25, -0.2) is 4.79 Å². The van der Waals surface area contributed by atoms with Crippen molar-refractivity contribution < 1.29 is 24.2 Å². The van der Waals surface area contributed by atoms with Crippen LogP contribution in [0.3, 0.4) is 0 Å². The fourth-order valence-electron chi connectivity index (χ4n) is 3.27. The van der Waals surface area contributed by atoms with Gasteiger partial charge in [0.05, 0.1) is 5.92 Å². The lowest BCUT2D eigenvalue weighted by Crippen LogP contribution is -2.48. The molecule has 0 aliphatic carbocycles. The van der Waals surface area contributed by atoms with Crippen LogP contribution in [0.5, 0.6) is 0 Å². The van der Waals surface area contributed by atoms with Crippen LogP contribution in [0.4, 0.5) is 4.79 Å². The third-order valence-corrected chi connectivity index (χ3v) is 4.57. The van der Waals surface area contributed by atoms with E-state index in [1.165, 1.54) is 0 Å². The fourth-order valence-corrected chi connectivity index (χ4v) is 3.27. The second-order valence-corrected chi connectivity index (χ2v) is 8.70. The number of nitrogens with zero attached hydrogens (tertiary/aromatic N) is 1. The molecule has 0 spiro atoms. The Morgan fingerprint density at radius 3 is 2.35 bits per heavy atom. The molecule has 1 fully saturated rings. The van der Waals surface area contributed by atoms with Crippen LogP contribution in [0.15, 0.2) is 0 Å². The number of hydrogen-bond acceptors (Lipinski definition) is 4. The summed E-state index contributed by atoms with van der Waals surface area (Å²) in [6.45, 7) is 12.8. The molecule has 0 aromatic carbocycles. The zero-order chi connectivity index (χ0) is 20.1. The Hall–Kier alpha value is -1.79. The molecule has 1 rings (SSSR count). The lowest BCUT2D eigenvalue weighted by molar-refractivity contribution is -0.147. The average Bonchev–Trinajstić information content (AvgIpc) is 2.49. The van der Waals surface area contributed by atoms with E-state index in [0.717, 1.165) is 0 Å². The number of ether oxygens (including phenoxy) is 1. The van der Waals surface area contributed by atoms with E-state index < -0.39 is 17.5 Å². The highest BCUT2D eigenvalue weighted by Crippen LogP contribution is 2.32. The van der Waals surface area contributed by atoms with Gasteiger partial charge in [0.2, 0.25) is 5.91 Å². The fraction of sp³-hybridized carbons (Fsp3) is 0.842. The first-order valence-electron chi connectivity index (χ1n) is 9.38. The Morgan fingerprint density at radius 2 is 1.88 bits per heavy atom. The highest BCUT2D eigenvalue weighted by molar-refractivity contribution is 5.82. The van der Waals surface area contributed by atoms with E-state index in [1.807, 2.05) is 41.5 Å². The van der Waals surface area contributed by atoms with Crippen molar-refractivity contribution in [2.45, 2.75) is 60.0 Å². The summed E-state index contributed by atoms with van der Waals surface area (Å²) in [4.78, 5) is 37.7. The molecule has 1 saturated heterocycles. The van der Waals surface area contributed by atoms with Gasteiger partial charge in [0.1, 0.15) is 5.60 Å². The third kappa shape index (κ3) is 7.22. The van der Waals surface area contributed by atoms with Crippen LogP contribution in [0, 0.1) is 23.7 Å². The molecule has 3 atom stereocenters. The topological polar surface area (TPSA) is 95.9 Å². The summed E-state index contributed by atoms with van der Waals surface area (Å²) in [6.07, 6.45) is 0.155. The van der Waals surface area contributed by atoms with E-state index in [4.69, 9.17) is 4.74 Å². The van der Waals surface area contributed by atoms with Crippen molar-refractivity contribution in [3.8, 4) is 0 Å². The molecule has 2 N–H and O–H groups in total. The highest BCUT2D eigenvalue weighted by Gasteiger charge is 2.39. The predicted octanol–water partition coefficient (Wildman–Crippen LogP) is 2.74. The van der Waals surface area contributed by atoms with Gasteiger partial charge in [-0.15, -0.1) is 0 Å². The van der Waals surface area contributed by atoms with Gasteiger partial charge < -0.3 is 20.1 Å². The van der Waals surface area contributed by atoms with Crippen LogP contribution in [-0.2, 0) is 14.3 Å². The number of nitrogens with one attached hydrogen (secondary N) is 1. The number of hydrogen-bond donors (Lipinski definition) is 2. The largest absolute Gasteiger partial charge is 0.481 e. The van der Waals surface area contributed by atoms with Crippen LogP contribution in [-0.4, -0.2) is 53.2 Å². The minimum atomic E-state index is -0.952. The van der Waals surface area contributed by atoms with Crippen LogP contribution >= 0.6 is 0 Å². The summed E-state index contributed by atoms with van der Waals surface area (Å²) < 4.78 is 5.39. The minimum Gasteiger partial charge on any atom is -0.481 e. The van der Waals surface area contributed by atoms with Crippen molar-refractivity contribution >= 4 is 18.0 Å². The second-order valence-electron chi connectivity index (χ2n) is 8.70. The van der Waals surface area contributed by atoms with Crippen molar-refractivity contribution in [2.24, 2.45) is 23.7 Å². The highest BCUT2D eigenvalue weighted by atomic mass is 16.6. The molecule has 3 unspecified atom stereocenters. The van der Waals surface area contributed by atoms with E-state index in [-0.39, 0.29) is 30.3 Å². The van der Waals surface area contributed by atoms with Gasteiger partial charge in [-0.3, -0.25) is 9.59 Å². The Morgan fingerprint density at radius 1 is 1.27 bits per heavy atom. The zero-order valence-electron chi connectivity index (χ0n) is 16.9. The van der Waals surface area contributed by atoms with Crippen molar-refractivity contribution in [3.05, 3.63) is 0 Å². The number of likely N-dealkylation sites (tertiary alicyclic amines) is 1. The maximum Gasteiger partial charge on any atom is 0.410 e. The molecule has 0 saturated carbocycles. The summed E-state index contributed by atoms with van der Waals surface area (Å²) in [5, 5.41) is 12.4. The standard InChI is InChI=1S/C19H34N2O5/c1-12(2)10-20-16(22)9-15(17(23)24)14-7-8-21(11-13(14)3)18(25)26-19(4,5)6/h12-15H,7-11H2,1-6H3,(H,20,22)(H,23,24). The quantitative estimate of drug-likeness (QED) is 0.749. The third-order valence-electron chi connectivity index (χ3n) is 4.57. The lowest BCUT2D eigenvalue weighted by Gasteiger charge is -2.39. The van der Waals surface area contributed by atoms with Crippen LogP contribution in [0.25, 0.3) is 0 Å². The van der Waals surface area contributed by atoms with Crippen LogP contribution in [0.2, 0.25) is 0 Å². The lowest BCUT2D eigenvalue weighted by atomic mass is 9.76. The molecule has 0 aromatic heterocycles. The first kappa shape index (κ1) is 22.3. The SMILES string of the molecule is CC(C)CNC(=O)CC(C(=O)O)C1CCN(C(=O)OC(C)(C)C)CC1C. The molecule has 150 valence electrons. The van der Waals surface area contributed by atoms with E-state index >= 15 is 0 Å². The zero-order valence-corrected chi connectivity index (χ0v) is 16.9. The summed E-state index contributed by atoms with van der Waals surface area (Å²) in [6, 6.07) is 0. The van der Waals surface area contributed by atoms with E-state index in [0.29, 0.717) is 32.0 Å². The van der Waals surface area contributed by atoms with Gasteiger partial charge in [0, 0.05) is 26.1 Å². The van der Waals surface area contributed by atoms with Gasteiger partial charge >= 0.3 is 12.1 Å². The van der Waals surface area contributed by atoms with Gasteiger partial charge in [-0.05, 0) is 44.9 Å². The van der Waals surface area contributed by atoms with Crippen LogP contribution < -0.4 is 5.32 Å². The number of carboxylic acids is 1. The molecule has 7 nitrogen and oxygen atoms in total. The molecule has 0 radical (unpaired) electrons. The number of carboxylic acid groups (broad SMARTS) is 1. The maximum absolute atomic E-state index is 12.2. The number of amides is 2. The number of carbonyl (C=O) groups is 3. The van der Waals surface area contributed by atoms with Crippen molar-refractivity contribution in [3.63, 3.8) is 0 Å². The minimum absolute atomic E-state index is 0.0183. The van der Waals surface area contributed by atoms with Gasteiger partial charge in [-0.2, -0.15) is 0 Å². The first-order valence-corrected chi connectivity index (χ1v) is 9.38.